The van der Waals surface area contributed by atoms with Crippen LogP contribution in [0.2, 0.25) is 0 Å². The third-order valence-electron chi connectivity index (χ3n) is 5.81. The maximum Gasteiger partial charge on any atom is 0.150 e. The Kier molecular flexibility index (Phi) is 5.40. The van der Waals surface area contributed by atoms with E-state index in [4.69, 9.17) is 4.98 Å². The first-order chi connectivity index (χ1) is 12.6. The molecular weight excluding hydrogens is 346 g/mol. The van der Waals surface area contributed by atoms with Crippen molar-refractivity contribution in [2.24, 2.45) is 11.8 Å². The molecule has 2 aliphatic heterocycles. The summed E-state index contributed by atoms with van der Waals surface area (Å²) in [5.41, 5.74) is 1.04. The van der Waals surface area contributed by atoms with Gasteiger partial charge in [0.05, 0.1) is 10.2 Å². The quantitative estimate of drug-likeness (QED) is 0.878. The van der Waals surface area contributed by atoms with Gasteiger partial charge in [0.25, 0.3) is 0 Å². The highest BCUT2D eigenvalue weighted by Crippen LogP contribution is 2.34. The van der Waals surface area contributed by atoms with Crippen molar-refractivity contribution in [1.29, 1.82) is 0 Å². The molecule has 26 heavy (non-hydrogen) atoms. The van der Waals surface area contributed by atoms with E-state index >= 15 is 0 Å². The molecule has 2 aromatic heterocycles. The lowest BCUT2D eigenvalue weighted by atomic mass is 9.96. The second-order valence-corrected chi connectivity index (χ2v) is 8.71. The van der Waals surface area contributed by atoms with E-state index in [1.165, 1.54) is 24.2 Å². The topological polar surface area (TPSA) is 55.7 Å². The highest BCUT2D eigenvalue weighted by atomic mass is 32.1. The Morgan fingerprint density at radius 3 is 2.85 bits per heavy atom. The van der Waals surface area contributed by atoms with Gasteiger partial charge in [0.15, 0.2) is 0 Å². The number of likely N-dealkylation sites (N-methyl/N-ethyl adjacent to an activating group) is 1. The van der Waals surface area contributed by atoms with Crippen LogP contribution in [0.3, 0.4) is 0 Å². The lowest BCUT2D eigenvalue weighted by Gasteiger charge is -2.26. The molecule has 142 valence electrons. The molecular formula is C19H29N5OS. The summed E-state index contributed by atoms with van der Waals surface area (Å²) in [6.45, 7) is 9.78. The Labute approximate surface area is 159 Å². The lowest BCUT2D eigenvalue weighted by molar-refractivity contribution is 0.165. The second kappa shape index (κ2) is 7.76. The van der Waals surface area contributed by atoms with Gasteiger partial charge in [-0.2, -0.15) is 0 Å². The van der Waals surface area contributed by atoms with E-state index in [0.29, 0.717) is 11.8 Å². The number of fused-ring (bicyclic) bond motifs is 1. The molecule has 7 heteroatoms. The van der Waals surface area contributed by atoms with Crippen molar-refractivity contribution >= 4 is 27.4 Å². The van der Waals surface area contributed by atoms with Gasteiger partial charge in [-0.15, -0.1) is 11.3 Å². The zero-order chi connectivity index (χ0) is 18.1. The molecule has 2 atom stereocenters. The van der Waals surface area contributed by atoms with Crippen molar-refractivity contribution in [2.45, 2.75) is 13.3 Å². The van der Waals surface area contributed by atoms with E-state index in [-0.39, 0.29) is 6.61 Å². The Morgan fingerprint density at radius 1 is 1.15 bits per heavy atom. The first kappa shape index (κ1) is 18.1. The summed E-state index contributed by atoms with van der Waals surface area (Å²) in [5.74, 6) is 2.69. The number of hydrogen-bond donors (Lipinski definition) is 1. The number of aryl methyl sites for hydroxylation is 1. The van der Waals surface area contributed by atoms with Crippen LogP contribution in [0.15, 0.2) is 11.4 Å². The van der Waals surface area contributed by atoms with Crippen molar-refractivity contribution in [3.8, 4) is 0 Å². The predicted octanol–water partition coefficient (Wildman–Crippen LogP) is 1.68. The third-order valence-corrected chi connectivity index (χ3v) is 6.71. The Morgan fingerprint density at radius 2 is 2.00 bits per heavy atom. The van der Waals surface area contributed by atoms with Gasteiger partial charge in [-0.3, -0.25) is 0 Å². The van der Waals surface area contributed by atoms with Gasteiger partial charge in [0.1, 0.15) is 11.6 Å². The van der Waals surface area contributed by atoms with E-state index in [9.17, 15) is 5.11 Å². The highest BCUT2D eigenvalue weighted by molar-refractivity contribution is 7.17. The molecule has 0 spiro atoms. The van der Waals surface area contributed by atoms with E-state index in [1.807, 2.05) is 6.92 Å². The Balaban J connectivity index is 1.50. The highest BCUT2D eigenvalue weighted by Gasteiger charge is 2.35. The number of aliphatic hydroxyl groups excluding tert-OH is 1. The van der Waals surface area contributed by atoms with Crippen LogP contribution in [0, 0.1) is 18.8 Å². The zero-order valence-electron chi connectivity index (χ0n) is 15.8. The van der Waals surface area contributed by atoms with Gasteiger partial charge in [-0.25, -0.2) is 9.97 Å². The maximum atomic E-state index is 9.97. The summed E-state index contributed by atoms with van der Waals surface area (Å²) in [6.07, 6.45) is 1.23. The SMILES string of the molecule is Cc1nc(N2C[C@@H](CN3CCCN(C)CC3)[C@@H](CO)C2)c2sccc2n1. The van der Waals surface area contributed by atoms with Gasteiger partial charge < -0.3 is 19.8 Å². The van der Waals surface area contributed by atoms with Gasteiger partial charge in [0.2, 0.25) is 0 Å². The smallest absolute Gasteiger partial charge is 0.150 e. The van der Waals surface area contributed by atoms with Gasteiger partial charge in [-0.05, 0) is 50.8 Å². The fourth-order valence-electron chi connectivity index (χ4n) is 4.32. The molecule has 0 amide bonds. The number of thiophene rings is 1. The molecule has 0 unspecified atom stereocenters. The van der Waals surface area contributed by atoms with Crippen LogP contribution < -0.4 is 4.90 Å². The number of hydrogen-bond acceptors (Lipinski definition) is 7. The Hall–Kier alpha value is -1.28. The molecule has 0 bridgehead atoms. The summed E-state index contributed by atoms with van der Waals surface area (Å²) < 4.78 is 1.17. The van der Waals surface area contributed by atoms with Crippen molar-refractivity contribution in [3.05, 3.63) is 17.3 Å². The molecule has 1 N–H and O–H groups in total. The fraction of sp³-hybridized carbons (Fsp3) is 0.684. The summed E-state index contributed by atoms with van der Waals surface area (Å²) in [4.78, 5) is 16.7. The van der Waals surface area contributed by atoms with E-state index < -0.39 is 0 Å². The van der Waals surface area contributed by atoms with E-state index in [0.717, 1.165) is 49.9 Å². The van der Waals surface area contributed by atoms with Gasteiger partial charge in [0, 0.05) is 45.2 Å². The van der Waals surface area contributed by atoms with Crippen LogP contribution in [0.4, 0.5) is 5.82 Å². The normalized spacial score (nSPS) is 25.9. The fourth-order valence-corrected chi connectivity index (χ4v) is 5.16. The predicted molar refractivity (Wildman–Crippen MR) is 107 cm³/mol. The minimum absolute atomic E-state index is 0.257. The van der Waals surface area contributed by atoms with Gasteiger partial charge >= 0.3 is 0 Å². The summed E-state index contributed by atoms with van der Waals surface area (Å²) >= 11 is 1.71. The maximum absolute atomic E-state index is 9.97. The third kappa shape index (κ3) is 3.71. The van der Waals surface area contributed by atoms with Crippen LogP contribution in [-0.4, -0.2) is 84.3 Å². The summed E-state index contributed by atoms with van der Waals surface area (Å²) in [7, 11) is 2.21. The molecule has 0 aromatic carbocycles. The molecule has 0 saturated carbocycles. The van der Waals surface area contributed by atoms with Crippen LogP contribution in [0.1, 0.15) is 12.2 Å². The molecule has 0 radical (unpaired) electrons. The Bertz CT molecular complexity index is 751. The molecule has 0 aliphatic carbocycles. The van der Waals surface area contributed by atoms with E-state index in [1.54, 1.807) is 11.3 Å². The minimum Gasteiger partial charge on any atom is -0.396 e. The zero-order valence-corrected chi connectivity index (χ0v) is 16.6. The minimum atomic E-state index is 0.257. The number of aromatic nitrogens is 2. The number of nitrogens with zero attached hydrogens (tertiary/aromatic N) is 5. The standard InChI is InChI=1S/C19H29N5OS/c1-14-20-17-4-9-26-18(17)19(21-14)24-11-15(16(12-24)13-25)10-23-6-3-5-22(2)7-8-23/h4,9,15-16,25H,3,5-8,10-13H2,1-2H3/t15-,16-/m1/s1. The van der Waals surface area contributed by atoms with Crippen molar-refractivity contribution in [1.82, 2.24) is 19.8 Å². The first-order valence-corrected chi connectivity index (χ1v) is 10.5. The molecule has 4 heterocycles. The van der Waals surface area contributed by atoms with Crippen LogP contribution in [0.25, 0.3) is 10.2 Å². The average molecular weight is 376 g/mol. The molecule has 4 rings (SSSR count). The lowest BCUT2D eigenvalue weighted by Crippen LogP contribution is -2.36. The summed E-state index contributed by atoms with van der Waals surface area (Å²) in [6, 6.07) is 2.07. The molecule has 2 saturated heterocycles. The van der Waals surface area contributed by atoms with Crippen molar-refractivity contribution in [2.75, 3.05) is 64.4 Å². The second-order valence-electron chi connectivity index (χ2n) is 7.79. The number of aliphatic hydroxyl groups is 1. The van der Waals surface area contributed by atoms with Crippen LogP contribution >= 0.6 is 11.3 Å². The summed E-state index contributed by atoms with van der Waals surface area (Å²) in [5, 5.41) is 12.1. The number of anilines is 1. The van der Waals surface area contributed by atoms with Crippen molar-refractivity contribution in [3.63, 3.8) is 0 Å². The molecule has 2 aromatic rings. The van der Waals surface area contributed by atoms with Gasteiger partial charge in [-0.1, -0.05) is 0 Å². The average Bonchev–Trinajstić information content (AvgIpc) is 3.19. The first-order valence-electron chi connectivity index (χ1n) is 9.62. The van der Waals surface area contributed by atoms with Crippen LogP contribution in [0.5, 0.6) is 0 Å². The number of rotatable bonds is 4. The van der Waals surface area contributed by atoms with E-state index in [2.05, 4.69) is 38.2 Å². The van der Waals surface area contributed by atoms with Crippen LogP contribution in [-0.2, 0) is 0 Å². The monoisotopic (exact) mass is 375 g/mol. The molecule has 2 fully saturated rings. The largest absolute Gasteiger partial charge is 0.396 e. The van der Waals surface area contributed by atoms with Crippen molar-refractivity contribution < 1.29 is 5.11 Å². The molecule has 2 aliphatic rings. The molecule has 6 nitrogen and oxygen atoms in total.